The highest BCUT2D eigenvalue weighted by Gasteiger charge is 2.37. The third kappa shape index (κ3) is 3.35. The van der Waals surface area contributed by atoms with E-state index in [1.54, 1.807) is 6.20 Å². The lowest BCUT2D eigenvalue weighted by Crippen LogP contribution is -2.35. The highest BCUT2D eigenvalue weighted by atomic mass is 79.9. The van der Waals surface area contributed by atoms with Crippen molar-refractivity contribution < 1.29 is 4.79 Å². The molecule has 1 aromatic carbocycles. The quantitative estimate of drug-likeness (QED) is 0.893. The first kappa shape index (κ1) is 16.3. The van der Waals surface area contributed by atoms with E-state index in [9.17, 15) is 4.79 Å². The molecule has 4 nitrogen and oxygen atoms in total. The van der Waals surface area contributed by atoms with Gasteiger partial charge in [0.25, 0.3) is 5.91 Å². The molecule has 1 fully saturated rings. The Kier molecular flexibility index (Phi) is 4.60. The summed E-state index contributed by atoms with van der Waals surface area (Å²) in [4.78, 5) is 19.9. The highest BCUT2D eigenvalue weighted by Crippen LogP contribution is 2.31. The summed E-state index contributed by atoms with van der Waals surface area (Å²) in [6.45, 7) is 3.60. The summed E-state index contributed by atoms with van der Waals surface area (Å²) in [5.41, 5.74) is 3.20. The van der Waals surface area contributed by atoms with E-state index in [2.05, 4.69) is 71.1 Å². The Morgan fingerprint density at radius 2 is 1.96 bits per heavy atom. The molecule has 23 heavy (non-hydrogen) atoms. The number of carbonyl (C=O) groups is 1. The molecule has 2 heterocycles. The number of benzene rings is 1. The number of amides is 1. The second-order valence-corrected chi connectivity index (χ2v) is 7.41. The molecule has 0 aliphatic carbocycles. The molecule has 0 spiro atoms. The number of hydrogen-bond donors (Lipinski definition) is 1. The van der Waals surface area contributed by atoms with E-state index in [1.165, 1.54) is 11.1 Å². The fraction of sp³-hybridized carbons (Fsp3) is 0.389. The predicted molar refractivity (Wildman–Crippen MR) is 95.8 cm³/mol. The molecule has 2 unspecified atom stereocenters. The summed E-state index contributed by atoms with van der Waals surface area (Å²) in [5.74, 6) is 0.408. The topological polar surface area (TPSA) is 39.3 Å². The third-order valence-corrected chi connectivity index (χ3v) is 5.08. The zero-order chi connectivity index (χ0) is 16.6. The molecule has 0 saturated carbocycles. The van der Waals surface area contributed by atoms with E-state index in [0.29, 0.717) is 17.7 Å². The number of rotatable bonds is 3. The Morgan fingerprint density at radius 1 is 1.26 bits per heavy atom. The van der Waals surface area contributed by atoms with Crippen molar-refractivity contribution in [3.8, 4) is 0 Å². The third-order valence-electron chi connectivity index (χ3n) is 4.62. The molecule has 0 bridgehead atoms. The lowest BCUT2D eigenvalue weighted by atomic mass is 9.93. The summed E-state index contributed by atoms with van der Waals surface area (Å²) < 4.78 is 0.902. The number of aromatic nitrogens is 1. The average Bonchev–Trinajstić information content (AvgIpc) is 3.14. The van der Waals surface area contributed by atoms with E-state index in [4.69, 9.17) is 0 Å². The molecule has 1 saturated heterocycles. The van der Waals surface area contributed by atoms with Gasteiger partial charge in [-0.25, -0.2) is 0 Å². The van der Waals surface area contributed by atoms with Gasteiger partial charge in [-0.15, -0.1) is 0 Å². The van der Waals surface area contributed by atoms with Gasteiger partial charge in [-0.05, 0) is 48.6 Å². The first-order valence-corrected chi connectivity index (χ1v) is 8.61. The van der Waals surface area contributed by atoms with Gasteiger partial charge in [0, 0.05) is 35.7 Å². The van der Waals surface area contributed by atoms with Gasteiger partial charge >= 0.3 is 0 Å². The first-order chi connectivity index (χ1) is 11.0. The van der Waals surface area contributed by atoms with Gasteiger partial charge in [0.1, 0.15) is 5.69 Å². The Balaban J connectivity index is 1.83. The number of aryl methyl sites for hydroxylation is 1. The molecule has 1 aliphatic heterocycles. The lowest BCUT2D eigenvalue weighted by Gasteiger charge is -2.25. The van der Waals surface area contributed by atoms with Crippen LogP contribution in [0.5, 0.6) is 0 Å². The average molecular weight is 376 g/mol. The van der Waals surface area contributed by atoms with Crippen molar-refractivity contribution in [1.82, 2.24) is 14.8 Å². The molecular weight excluding hydrogens is 354 g/mol. The number of nitrogens with zero attached hydrogens (tertiary/aromatic N) is 2. The SMILES string of the molecule is Cc1ccc(C2CN(C(=O)c3cc(Br)c[nH]3)CC2N(C)C)cc1. The summed E-state index contributed by atoms with van der Waals surface area (Å²) in [7, 11) is 4.18. The van der Waals surface area contributed by atoms with Crippen LogP contribution in [0.2, 0.25) is 0 Å². The van der Waals surface area contributed by atoms with E-state index in [-0.39, 0.29) is 5.91 Å². The van der Waals surface area contributed by atoms with Crippen LogP contribution in [0, 0.1) is 6.92 Å². The summed E-state index contributed by atoms with van der Waals surface area (Å²) in [6, 6.07) is 10.8. The highest BCUT2D eigenvalue weighted by molar-refractivity contribution is 9.10. The molecule has 1 N–H and O–H groups in total. The number of H-pyrrole nitrogens is 1. The molecule has 5 heteroatoms. The smallest absolute Gasteiger partial charge is 0.270 e. The van der Waals surface area contributed by atoms with Crippen molar-refractivity contribution >= 4 is 21.8 Å². The van der Waals surface area contributed by atoms with Gasteiger partial charge < -0.3 is 14.8 Å². The van der Waals surface area contributed by atoms with Crippen LogP contribution >= 0.6 is 15.9 Å². The normalized spacial score (nSPS) is 21.2. The minimum atomic E-state index is 0.0668. The van der Waals surface area contributed by atoms with Gasteiger partial charge in [0.05, 0.1) is 0 Å². The molecule has 1 aliphatic rings. The Morgan fingerprint density at radius 3 is 2.52 bits per heavy atom. The van der Waals surface area contributed by atoms with Crippen LogP contribution in [0.1, 0.15) is 27.5 Å². The van der Waals surface area contributed by atoms with Crippen molar-refractivity contribution in [1.29, 1.82) is 0 Å². The van der Waals surface area contributed by atoms with Crippen molar-refractivity contribution in [2.24, 2.45) is 0 Å². The molecule has 0 radical (unpaired) electrons. The van der Waals surface area contributed by atoms with Gasteiger partial charge in [-0.1, -0.05) is 29.8 Å². The van der Waals surface area contributed by atoms with Gasteiger partial charge in [0.2, 0.25) is 0 Å². The maximum atomic E-state index is 12.7. The van der Waals surface area contributed by atoms with Crippen LogP contribution in [0.25, 0.3) is 0 Å². The summed E-state index contributed by atoms with van der Waals surface area (Å²) in [5, 5.41) is 0. The Bertz CT molecular complexity index is 693. The van der Waals surface area contributed by atoms with E-state index in [1.807, 2.05) is 11.0 Å². The van der Waals surface area contributed by atoms with Gasteiger partial charge in [-0.2, -0.15) is 0 Å². The van der Waals surface area contributed by atoms with Crippen molar-refractivity contribution in [2.45, 2.75) is 18.9 Å². The number of nitrogens with one attached hydrogen (secondary N) is 1. The van der Waals surface area contributed by atoms with Crippen LogP contribution in [-0.4, -0.2) is 53.9 Å². The van der Waals surface area contributed by atoms with Gasteiger partial charge in [-0.3, -0.25) is 4.79 Å². The lowest BCUT2D eigenvalue weighted by molar-refractivity contribution is 0.0777. The number of halogens is 1. The Hall–Kier alpha value is -1.59. The molecular formula is C18H22BrN3O. The number of hydrogen-bond acceptors (Lipinski definition) is 2. The number of carbonyl (C=O) groups excluding carboxylic acids is 1. The number of likely N-dealkylation sites (tertiary alicyclic amines) is 1. The van der Waals surface area contributed by atoms with E-state index < -0.39 is 0 Å². The minimum absolute atomic E-state index is 0.0668. The van der Waals surface area contributed by atoms with Crippen LogP contribution < -0.4 is 0 Å². The monoisotopic (exact) mass is 375 g/mol. The van der Waals surface area contributed by atoms with Crippen molar-refractivity contribution in [3.05, 3.63) is 57.8 Å². The maximum Gasteiger partial charge on any atom is 0.270 e. The zero-order valence-corrected chi connectivity index (χ0v) is 15.3. The van der Waals surface area contributed by atoms with Crippen LogP contribution in [0.15, 0.2) is 41.0 Å². The van der Waals surface area contributed by atoms with E-state index >= 15 is 0 Å². The van der Waals surface area contributed by atoms with E-state index in [0.717, 1.165) is 17.6 Å². The summed E-state index contributed by atoms with van der Waals surface area (Å²) in [6.07, 6.45) is 1.80. The number of likely N-dealkylation sites (N-methyl/N-ethyl adjacent to an activating group) is 1. The molecule has 3 rings (SSSR count). The summed E-state index contributed by atoms with van der Waals surface area (Å²) >= 11 is 3.39. The second kappa shape index (κ2) is 6.49. The fourth-order valence-electron chi connectivity index (χ4n) is 3.28. The van der Waals surface area contributed by atoms with Crippen LogP contribution in [0.4, 0.5) is 0 Å². The van der Waals surface area contributed by atoms with Crippen molar-refractivity contribution in [3.63, 3.8) is 0 Å². The molecule has 122 valence electrons. The molecule has 2 aromatic rings. The zero-order valence-electron chi connectivity index (χ0n) is 13.7. The Labute approximate surface area is 145 Å². The standard InChI is InChI=1S/C18H22BrN3O/c1-12-4-6-13(7-5-12)15-10-22(11-17(15)21(2)3)18(23)16-8-14(19)9-20-16/h4-9,15,17,20H,10-11H2,1-3H3. The fourth-order valence-corrected chi connectivity index (χ4v) is 3.62. The predicted octanol–water partition coefficient (Wildman–Crippen LogP) is 3.26. The molecule has 1 aromatic heterocycles. The van der Waals surface area contributed by atoms with Gasteiger partial charge in [0.15, 0.2) is 0 Å². The van der Waals surface area contributed by atoms with Crippen LogP contribution in [-0.2, 0) is 0 Å². The minimum Gasteiger partial charge on any atom is -0.356 e. The molecule has 1 amide bonds. The van der Waals surface area contributed by atoms with Crippen LogP contribution in [0.3, 0.4) is 0 Å². The largest absolute Gasteiger partial charge is 0.356 e. The molecule has 2 atom stereocenters. The first-order valence-electron chi connectivity index (χ1n) is 7.82. The maximum absolute atomic E-state index is 12.7. The van der Waals surface area contributed by atoms with Crippen molar-refractivity contribution in [2.75, 3.05) is 27.2 Å². The number of aromatic amines is 1. The second-order valence-electron chi connectivity index (χ2n) is 6.49.